The third kappa shape index (κ3) is 3.31. The second-order valence-electron chi connectivity index (χ2n) is 3.28. The van der Waals surface area contributed by atoms with E-state index < -0.39 is 55.1 Å². The van der Waals surface area contributed by atoms with Gasteiger partial charge in [0.05, 0.1) is 0 Å². The highest BCUT2D eigenvalue weighted by atomic mass is 32.3. The van der Waals surface area contributed by atoms with Crippen molar-refractivity contribution in [1.29, 1.82) is 0 Å². The van der Waals surface area contributed by atoms with E-state index in [-0.39, 0.29) is 0 Å². The summed E-state index contributed by atoms with van der Waals surface area (Å²) in [6.45, 7) is 0. The van der Waals surface area contributed by atoms with Crippen LogP contribution in [0.2, 0.25) is 0 Å². The molecule has 0 amide bonds. The van der Waals surface area contributed by atoms with Gasteiger partial charge in [0, 0.05) is 0 Å². The normalized spacial score (nSPS) is 15.1. The molecule has 0 spiro atoms. The third-order valence-electron chi connectivity index (χ3n) is 1.92. The Morgan fingerprint density at radius 2 is 0.952 bits per heavy atom. The Morgan fingerprint density at radius 1 is 0.714 bits per heavy atom. The van der Waals surface area contributed by atoms with E-state index in [9.17, 15) is 38.5 Å². The average molecular weight is 394 g/mol. The molecule has 0 atom stereocenters. The largest absolute Gasteiger partial charge is 0.479 e. The molecule has 0 aliphatic carbocycles. The SMILES string of the molecule is O=C(O)C(C(S(=O)(=O)O)S(=O)(=O)O)(S(=O)(=O)O)S(=O)(=O)O. The van der Waals surface area contributed by atoms with Gasteiger partial charge in [-0.2, -0.15) is 33.7 Å². The Bertz CT molecular complexity index is 787. The minimum absolute atomic E-state index is 3.42. The number of carbonyl (C=O) groups is 1. The Morgan fingerprint density at radius 3 is 1.00 bits per heavy atom. The van der Waals surface area contributed by atoms with E-state index in [2.05, 4.69) is 0 Å². The zero-order valence-corrected chi connectivity index (χ0v) is 12.4. The number of carboxylic acids is 1. The highest BCUT2D eigenvalue weighted by Gasteiger charge is 2.75. The van der Waals surface area contributed by atoms with Gasteiger partial charge in [-0.25, -0.2) is 4.79 Å². The summed E-state index contributed by atoms with van der Waals surface area (Å²) in [6, 6.07) is 0. The lowest BCUT2D eigenvalue weighted by Crippen LogP contribution is -2.65. The molecule has 0 radical (unpaired) electrons. The van der Waals surface area contributed by atoms with Crippen LogP contribution < -0.4 is 0 Å². The van der Waals surface area contributed by atoms with E-state index in [1.807, 2.05) is 0 Å². The van der Waals surface area contributed by atoms with Crippen molar-refractivity contribution >= 4 is 46.4 Å². The lowest BCUT2D eigenvalue weighted by atomic mass is 10.5. The maximum absolute atomic E-state index is 11.0. The molecule has 0 saturated carbocycles. The first-order valence-electron chi connectivity index (χ1n) is 3.91. The molecule has 0 bridgehead atoms. The fourth-order valence-corrected chi connectivity index (χ4v) is 8.37. The third-order valence-corrected chi connectivity index (χ3v) is 9.38. The minimum Gasteiger partial charge on any atom is -0.479 e. The fourth-order valence-electron chi connectivity index (χ4n) is 1.24. The van der Waals surface area contributed by atoms with Crippen LogP contribution >= 0.6 is 0 Å². The van der Waals surface area contributed by atoms with Gasteiger partial charge in [-0.3, -0.25) is 18.2 Å². The quantitative estimate of drug-likeness (QED) is 0.276. The van der Waals surface area contributed by atoms with Crippen molar-refractivity contribution in [3.63, 3.8) is 0 Å². The molecule has 0 saturated heterocycles. The minimum atomic E-state index is -6.76. The summed E-state index contributed by atoms with van der Waals surface area (Å²) in [7, 11) is -26.5. The molecule has 0 aromatic carbocycles. The standard InChI is InChI=1S/C3H6O14S4/c4-1(5)3(20(12,13)14,21(15,16)17)2(18(6,7)8)19(9,10)11/h2H,(H,4,5)(H,6,7,8)(H,9,10,11)(H,12,13,14)(H,15,16,17). The van der Waals surface area contributed by atoms with Crippen LogP contribution in [0.5, 0.6) is 0 Å². The monoisotopic (exact) mass is 394 g/mol. The van der Waals surface area contributed by atoms with Crippen LogP contribution in [0.1, 0.15) is 0 Å². The summed E-state index contributed by atoms with van der Waals surface area (Å²) in [5.41, 5.74) is 0. The van der Waals surface area contributed by atoms with Crippen molar-refractivity contribution in [3.05, 3.63) is 0 Å². The van der Waals surface area contributed by atoms with Gasteiger partial charge in [-0.1, -0.05) is 0 Å². The zero-order chi connectivity index (χ0) is 17.7. The maximum Gasteiger partial charge on any atom is 0.352 e. The second-order valence-corrected chi connectivity index (χ2v) is 10.0. The lowest BCUT2D eigenvalue weighted by Gasteiger charge is -2.26. The van der Waals surface area contributed by atoms with Crippen molar-refractivity contribution in [2.45, 2.75) is 8.66 Å². The summed E-state index contributed by atoms with van der Waals surface area (Å²) in [4.78, 5) is 10.8. The van der Waals surface area contributed by atoms with Crippen LogP contribution in [0.4, 0.5) is 0 Å². The van der Waals surface area contributed by atoms with E-state index in [4.69, 9.17) is 23.3 Å². The fraction of sp³-hybridized carbons (Fsp3) is 0.667. The van der Waals surface area contributed by atoms with Crippen molar-refractivity contribution < 1.29 is 61.8 Å². The topological polar surface area (TPSA) is 255 Å². The number of rotatable bonds is 6. The van der Waals surface area contributed by atoms with Crippen LogP contribution in [0.15, 0.2) is 0 Å². The number of carboxylic acid groups (broad SMARTS) is 1. The first-order chi connectivity index (χ1) is 8.81. The molecular weight excluding hydrogens is 388 g/mol. The van der Waals surface area contributed by atoms with Gasteiger partial charge in [-0.15, -0.1) is 0 Å². The number of hydrogen-bond acceptors (Lipinski definition) is 9. The Balaban J connectivity index is 7.57. The Kier molecular flexibility index (Phi) is 4.87. The van der Waals surface area contributed by atoms with Crippen LogP contribution in [-0.2, 0) is 45.3 Å². The van der Waals surface area contributed by atoms with Crippen LogP contribution in [0.25, 0.3) is 0 Å². The van der Waals surface area contributed by atoms with E-state index in [0.29, 0.717) is 0 Å². The highest BCUT2D eigenvalue weighted by molar-refractivity contribution is 8.12. The molecule has 0 aliphatic heterocycles. The molecule has 0 aromatic rings. The van der Waals surface area contributed by atoms with Crippen LogP contribution in [0.3, 0.4) is 0 Å². The van der Waals surface area contributed by atoms with Crippen molar-refractivity contribution in [2.24, 2.45) is 0 Å². The second kappa shape index (κ2) is 5.08. The van der Waals surface area contributed by atoms with Gasteiger partial charge in [0.15, 0.2) is 0 Å². The maximum atomic E-state index is 11.0. The van der Waals surface area contributed by atoms with Crippen molar-refractivity contribution in [3.8, 4) is 0 Å². The van der Waals surface area contributed by atoms with E-state index >= 15 is 0 Å². The number of hydrogen-bond donors (Lipinski definition) is 5. The van der Waals surface area contributed by atoms with Gasteiger partial charge >= 0.3 is 30.3 Å². The summed E-state index contributed by atoms with van der Waals surface area (Å²) in [5, 5.41) is 8.56. The first-order valence-corrected chi connectivity index (χ1v) is 9.80. The molecule has 0 fully saturated rings. The van der Waals surface area contributed by atoms with Crippen LogP contribution in [0, 0.1) is 0 Å². The van der Waals surface area contributed by atoms with Gasteiger partial charge in [0.25, 0.3) is 24.8 Å². The van der Waals surface area contributed by atoms with Gasteiger partial charge in [0.1, 0.15) is 0 Å². The predicted octanol–water partition coefficient (Wildman–Crippen LogP) is -3.36. The van der Waals surface area contributed by atoms with Crippen molar-refractivity contribution in [1.82, 2.24) is 0 Å². The van der Waals surface area contributed by atoms with Gasteiger partial charge < -0.3 is 5.11 Å². The molecule has 0 unspecified atom stereocenters. The molecule has 14 nitrogen and oxygen atoms in total. The smallest absolute Gasteiger partial charge is 0.352 e. The predicted molar refractivity (Wildman–Crippen MR) is 60.3 cm³/mol. The first kappa shape index (κ1) is 20.1. The highest BCUT2D eigenvalue weighted by Crippen LogP contribution is 2.35. The van der Waals surface area contributed by atoms with E-state index in [0.717, 1.165) is 0 Å². The zero-order valence-electron chi connectivity index (χ0n) is 9.12. The molecule has 0 aromatic heterocycles. The summed E-state index contributed by atoms with van der Waals surface area (Å²) in [5.74, 6) is -3.42. The molecule has 18 heteroatoms. The van der Waals surface area contributed by atoms with Crippen molar-refractivity contribution in [2.75, 3.05) is 0 Å². The lowest BCUT2D eigenvalue weighted by molar-refractivity contribution is -0.137. The molecule has 0 aliphatic rings. The number of aliphatic carboxylic acids is 1. The Labute approximate surface area is 117 Å². The summed E-state index contributed by atoms with van der Waals surface area (Å²) < 4.78 is 111. The molecule has 21 heavy (non-hydrogen) atoms. The summed E-state index contributed by atoms with van der Waals surface area (Å²) >= 11 is 0. The molecule has 0 heterocycles. The Hall–Kier alpha value is -0.890. The van der Waals surface area contributed by atoms with E-state index in [1.54, 1.807) is 0 Å². The summed E-state index contributed by atoms with van der Waals surface area (Å²) in [6.07, 6.45) is 0. The van der Waals surface area contributed by atoms with Crippen LogP contribution in [-0.4, -0.2) is 71.6 Å². The average Bonchev–Trinajstić information content (AvgIpc) is 2.03. The molecule has 126 valence electrons. The van der Waals surface area contributed by atoms with E-state index in [1.165, 1.54) is 0 Å². The van der Waals surface area contributed by atoms with Gasteiger partial charge in [0.2, 0.25) is 0 Å². The molecule has 5 N–H and O–H groups in total. The molecular formula is C3H6O14S4. The van der Waals surface area contributed by atoms with Gasteiger partial charge in [-0.05, 0) is 0 Å². The molecule has 0 rings (SSSR count).